The molecule has 0 heterocycles. The Morgan fingerprint density at radius 3 is 2.29 bits per heavy atom. The number of benzene rings is 2. The fourth-order valence-electron chi connectivity index (χ4n) is 2.94. The number of halogens is 1. The van der Waals surface area contributed by atoms with Crippen LogP contribution < -0.4 is 10.1 Å². The number of nitrogens with zero attached hydrogens (tertiary/aromatic N) is 1. The van der Waals surface area contributed by atoms with Crippen LogP contribution in [-0.4, -0.2) is 35.9 Å². The van der Waals surface area contributed by atoms with Gasteiger partial charge in [-0.25, -0.2) is 0 Å². The van der Waals surface area contributed by atoms with Crippen molar-refractivity contribution in [1.82, 2.24) is 10.2 Å². The summed E-state index contributed by atoms with van der Waals surface area (Å²) in [4.78, 5) is 26.8. The first-order valence-electron chi connectivity index (χ1n) is 9.33. The highest BCUT2D eigenvalue weighted by Gasteiger charge is 2.26. The molecule has 2 rings (SSSR count). The van der Waals surface area contributed by atoms with E-state index in [4.69, 9.17) is 4.74 Å². The van der Waals surface area contributed by atoms with Crippen molar-refractivity contribution in [3.8, 4) is 5.75 Å². The smallest absolute Gasteiger partial charge is 0.261 e. The number of rotatable bonds is 8. The van der Waals surface area contributed by atoms with E-state index in [9.17, 15) is 9.59 Å². The van der Waals surface area contributed by atoms with Crippen molar-refractivity contribution >= 4 is 27.7 Å². The molecular formula is C22H27BrN2O3. The third-order valence-corrected chi connectivity index (χ3v) is 4.87. The van der Waals surface area contributed by atoms with E-state index in [1.807, 2.05) is 63.2 Å². The van der Waals surface area contributed by atoms with Gasteiger partial charge in [0.2, 0.25) is 5.91 Å². The van der Waals surface area contributed by atoms with Gasteiger partial charge in [0, 0.05) is 17.6 Å². The van der Waals surface area contributed by atoms with E-state index in [0.717, 1.165) is 21.2 Å². The third kappa shape index (κ3) is 6.37. The molecule has 2 aromatic carbocycles. The minimum Gasteiger partial charge on any atom is -0.484 e. The van der Waals surface area contributed by atoms with E-state index in [2.05, 4.69) is 21.2 Å². The first-order chi connectivity index (χ1) is 13.3. The van der Waals surface area contributed by atoms with Gasteiger partial charge in [-0.2, -0.15) is 0 Å². The fourth-order valence-corrected chi connectivity index (χ4v) is 3.20. The second kappa shape index (κ2) is 10.3. The molecule has 2 aromatic rings. The zero-order valence-corrected chi connectivity index (χ0v) is 18.4. The Morgan fingerprint density at radius 2 is 1.71 bits per heavy atom. The van der Waals surface area contributed by atoms with Gasteiger partial charge in [-0.1, -0.05) is 34.1 Å². The molecule has 0 radical (unpaired) electrons. The maximum absolute atomic E-state index is 12.9. The van der Waals surface area contributed by atoms with E-state index in [-0.39, 0.29) is 18.4 Å². The summed E-state index contributed by atoms with van der Waals surface area (Å²) in [7, 11) is 0. The summed E-state index contributed by atoms with van der Waals surface area (Å²) in [6.07, 6.45) is 0. The molecule has 28 heavy (non-hydrogen) atoms. The molecule has 0 aliphatic rings. The first kappa shape index (κ1) is 22.0. The molecule has 0 unspecified atom stereocenters. The molecule has 0 fully saturated rings. The van der Waals surface area contributed by atoms with Crippen LogP contribution in [0, 0.1) is 13.8 Å². The van der Waals surface area contributed by atoms with Crippen molar-refractivity contribution in [3.05, 3.63) is 63.6 Å². The average Bonchev–Trinajstić information content (AvgIpc) is 2.64. The Morgan fingerprint density at radius 1 is 1.11 bits per heavy atom. The zero-order valence-electron chi connectivity index (χ0n) is 16.8. The first-order valence-corrected chi connectivity index (χ1v) is 10.1. The van der Waals surface area contributed by atoms with Gasteiger partial charge in [0.15, 0.2) is 6.61 Å². The van der Waals surface area contributed by atoms with Crippen LogP contribution in [0.2, 0.25) is 0 Å². The standard InChI is InChI=1S/C22H27BrN2O3/c1-5-24-22(27)17(4)25(13-18-6-8-19(23)9-7-18)21(26)14-28-20-11-15(2)10-16(3)12-20/h6-12,17H,5,13-14H2,1-4H3,(H,24,27)/t17-/m1/s1. The highest BCUT2D eigenvalue weighted by atomic mass is 79.9. The Labute approximate surface area is 175 Å². The van der Waals surface area contributed by atoms with E-state index < -0.39 is 6.04 Å². The summed E-state index contributed by atoms with van der Waals surface area (Å²) in [6, 6.07) is 12.9. The number of carbonyl (C=O) groups excluding carboxylic acids is 2. The molecule has 0 aliphatic carbocycles. The number of amides is 2. The number of ether oxygens (including phenoxy) is 1. The lowest BCUT2D eigenvalue weighted by atomic mass is 10.1. The molecule has 1 atom stereocenters. The van der Waals surface area contributed by atoms with Crippen molar-refractivity contribution in [2.45, 2.75) is 40.3 Å². The molecule has 1 N–H and O–H groups in total. The summed E-state index contributed by atoms with van der Waals surface area (Å²) < 4.78 is 6.69. The van der Waals surface area contributed by atoms with Gasteiger partial charge in [0.25, 0.3) is 5.91 Å². The predicted octanol–water partition coefficient (Wildman–Crippen LogP) is 4.00. The fraction of sp³-hybridized carbons (Fsp3) is 0.364. The molecule has 2 amide bonds. The molecule has 150 valence electrons. The molecule has 0 bridgehead atoms. The minimum absolute atomic E-state index is 0.122. The lowest BCUT2D eigenvalue weighted by molar-refractivity contribution is -0.142. The van der Waals surface area contributed by atoms with Crippen molar-refractivity contribution in [1.29, 1.82) is 0 Å². The summed E-state index contributed by atoms with van der Waals surface area (Å²) >= 11 is 3.41. The summed E-state index contributed by atoms with van der Waals surface area (Å²) in [5.74, 6) is 0.236. The van der Waals surface area contributed by atoms with Crippen LogP contribution in [0.15, 0.2) is 46.9 Å². The molecule has 0 spiro atoms. The molecular weight excluding hydrogens is 420 g/mol. The Kier molecular flexibility index (Phi) is 8.05. The average molecular weight is 447 g/mol. The van der Waals surface area contributed by atoms with Crippen LogP contribution in [0.3, 0.4) is 0 Å². The largest absolute Gasteiger partial charge is 0.484 e. The van der Waals surface area contributed by atoms with Crippen LogP contribution in [0.5, 0.6) is 5.75 Å². The Hall–Kier alpha value is -2.34. The normalized spacial score (nSPS) is 11.6. The van der Waals surface area contributed by atoms with Crippen molar-refractivity contribution in [2.24, 2.45) is 0 Å². The number of hydrogen-bond donors (Lipinski definition) is 1. The number of likely N-dealkylation sites (N-methyl/N-ethyl adjacent to an activating group) is 1. The number of nitrogens with one attached hydrogen (secondary N) is 1. The van der Waals surface area contributed by atoms with Gasteiger partial charge in [0.05, 0.1) is 0 Å². The van der Waals surface area contributed by atoms with Crippen molar-refractivity contribution < 1.29 is 14.3 Å². The number of hydrogen-bond acceptors (Lipinski definition) is 3. The number of aryl methyl sites for hydroxylation is 2. The highest BCUT2D eigenvalue weighted by molar-refractivity contribution is 9.10. The Bertz CT molecular complexity index is 801. The summed E-state index contributed by atoms with van der Waals surface area (Å²) in [5.41, 5.74) is 3.09. The van der Waals surface area contributed by atoms with Gasteiger partial charge in [0.1, 0.15) is 11.8 Å². The molecule has 0 aromatic heterocycles. The third-order valence-electron chi connectivity index (χ3n) is 4.34. The second-order valence-electron chi connectivity index (χ2n) is 6.83. The lowest BCUT2D eigenvalue weighted by Gasteiger charge is -2.28. The quantitative estimate of drug-likeness (QED) is 0.666. The minimum atomic E-state index is -0.598. The molecule has 6 heteroatoms. The van der Waals surface area contributed by atoms with E-state index in [0.29, 0.717) is 18.8 Å². The van der Waals surface area contributed by atoms with Gasteiger partial charge in [-0.05, 0) is 68.7 Å². The lowest BCUT2D eigenvalue weighted by Crippen LogP contribution is -2.49. The Balaban J connectivity index is 2.14. The monoisotopic (exact) mass is 446 g/mol. The van der Waals surface area contributed by atoms with Crippen molar-refractivity contribution in [3.63, 3.8) is 0 Å². The van der Waals surface area contributed by atoms with Crippen molar-refractivity contribution in [2.75, 3.05) is 13.2 Å². The van der Waals surface area contributed by atoms with Crippen LogP contribution in [0.1, 0.15) is 30.5 Å². The van der Waals surface area contributed by atoms with E-state index in [1.54, 1.807) is 11.8 Å². The van der Waals surface area contributed by atoms with Crippen LogP contribution >= 0.6 is 15.9 Å². The zero-order chi connectivity index (χ0) is 20.7. The van der Waals surface area contributed by atoms with Gasteiger partial charge >= 0.3 is 0 Å². The molecule has 0 saturated carbocycles. The predicted molar refractivity (Wildman–Crippen MR) is 114 cm³/mol. The van der Waals surface area contributed by atoms with Crippen LogP contribution in [0.4, 0.5) is 0 Å². The van der Waals surface area contributed by atoms with E-state index in [1.165, 1.54) is 0 Å². The van der Waals surface area contributed by atoms with E-state index >= 15 is 0 Å². The second-order valence-corrected chi connectivity index (χ2v) is 7.75. The molecule has 5 nitrogen and oxygen atoms in total. The van der Waals surface area contributed by atoms with Crippen LogP contribution in [-0.2, 0) is 16.1 Å². The maximum Gasteiger partial charge on any atom is 0.261 e. The van der Waals surface area contributed by atoms with Gasteiger partial charge < -0.3 is 15.0 Å². The SMILES string of the molecule is CCNC(=O)[C@@H](C)N(Cc1ccc(Br)cc1)C(=O)COc1cc(C)cc(C)c1. The summed E-state index contributed by atoms with van der Waals surface area (Å²) in [5, 5.41) is 2.78. The molecule has 0 saturated heterocycles. The van der Waals surface area contributed by atoms with Crippen LogP contribution in [0.25, 0.3) is 0 Å². The highest BCUT2D eigenvalue weighted by Crippen LogP contribution is 2.18. The topological polar surface area (TPSA) is 58.6 Å². The number of carbonyl (C=O) groups is 2. The maximum atomic E-state index is 12.9. The van der Waals surface area contributed by atoms with Gasteiger partial charge in [-0.3, -0.25) is 9.59 Å². The van der Waals surface area contributed by atoms with Gasteiger partial charge in [-0.15, -0.1) is 0 Å². The summed E-state index contributed by atoms with van der Waals surface area (Å²) in [6.45, 7) is 8.29. The molecule has 0 aliphatic heterocycles.